The number of anilines is 1. The summed E-state index contributed by atoms with van der Waals surface area (Å²) in [7, 11) is 0. The average molecular weight is 286 g/mol. The van der Waals surface area contributed by atoms with Gasteiger partial charge in [0.1, 0.15) is 0 Å². The number of aromatic amines is 1. The summed E-state index contributed by atoms with van der Waals surface area (Å²) in [4.78, 5) is 26.3. The smallest absolute Gasteiger partial charge is 0.306 e. The van der Waals surface area contributed by atoms with Gasteiger partial charge in [-0.05, 0) is 49.9 Å². The molecule has 110 valence electrons. The van der Waals surface area contributed by atoms with Crippen molar-refractivity contribution in [2.45, 2.75) is 25.7 Å². The lowest BCUT2D eigenvalue weighted by molar-refractivity contribution is -0.143. The van der Waals surface area contributed by atoms with Gasteiger partial charge in [0.15, 0.2) is 0 Å². The molecule has 1 aliphatic carbocycles. The third-order valence-electron chi connectivity index (χ3n) is 4.27. The standard InChI is InChI=1S/C16H18N2O3/c19-15(10-1-3-11(4-2-10)16(20)21)18-13-5-6-14-12(9-13)7-8-17-14/h5-11,17H,1-4H2,(H,18,19)(H,20,21). The summed E-state index contributed by atoms with van der Waals surface area (Å²) >= 11 is 0. The average Bonchev–Trinajstić information content (AvgIpc) is 2.95. The Kier molecular flexibility index (Phi) is 3.64. The van der Waals surface area contributed by atoms with Gasteiger partial charge in [-0.3, -0.25) is 9.59 Å². The molecule has 1 saturated carbocycles. The molecule has 1 amide bonds. The monoisotopic (exact) mass is 286 g/mol. The quantitative estimate of drug-likeness (QED) is 0.811. The summed E-state index contributed by atoms with van der Waals surface area (Å²) < 4.78 is 0. The van der Waals surface area contributed by atoms with Crippen LogP contribution in [0.4, 0.5) is 5.69 Å². The molecule has 1 aliphatic rings. The van der Waals surface area contributed by atoms with Crippen LogP contribution in [0, 0.1) is 11.8 Å². The van der Waals surface area contributed by atoms with Crippen LogP contribution in [0.2, 0.25) is 0 Å². The number of fused-ring (bicyclic) bond motifs is 1. The van der Waals surface area contributed by atoms with E-state index in [1.54, 1.807) is 0 Å². The molecular weight excluding hydrogens is 268 g/mol. The molecule has 0 saturated heterocycles. The molecule has 1 aromatic carbocycles. The van der Waals surface area contributed by atoms with Crippen LogP contribution >= 0.6 is 0 Å². The maximum atomic E-state index is 12.3. The van der Waals surface area contributed by atoms with E-state index in [1.165, 1.54) is 0 Å². The first kappa shape index (κ1) is 13.7. The van der Waals surface area contributed by atoms with Crippen molar-refractivity contribution in [1.82, 2.24) is 4.98 Å². The maximum absolute atomic E-state index is 12.3. The molecule has 0 bridgehead atoms. The van der Waals surface area contributed by atoms with Gasteiger partial charge in [-0.15, -0.1) is 0 Å². The third kappa shape index (κ3) is 2.91. The Morgan fingerprint density at radius 2 is 1.81 bits per heavy atom. The SMILES string of the molecule is O=C(O)C1CCC(C(=O)Nc2ccc3[nH]ccc3c2)CC1. The molecule has 0 radical (unpaired) electrons. The van der Waals surface area contributed by atoms with Crippen LogP contribution in [0.25, 0.3) is 10.9 Å². The number of benzene rings is 1. The Morgan fingerprint density at radius 1 is 1.10 bits per heavy atom. The minimum atomic E-state index is -0.744. The molecule has 1 heterocycles. The van der Waals surface area contributed by atoms with Gasteiger partial charge < -0.3 is 15.4 Å². The van der Waals surface area contributed by atoms with Crippen LogP contribution in [0.5, 0.6) is 0 Å². The fourth-order valence-corrected chi connectivity index (χ4v) is 2.98. The highest BCUT2D eigenvalue weighted by atomic mass is 16.4. The lowest BCUT2D eigenvalue weighted by Gasteiger charge is -2.25. The highest BCUT2D eigenvalue weighted by Crippen LogP contribution is 2.30. The Balaban J connectivity index is 1.62. The molecule has 3 rings (SSSR count). The molecule has 5 heteroatoms. The van der Waals surface area contributed by atoms with Crippen LogP contribution < -0.4 is 5.32 Å². The Bertz CT molecular complexity index is 669. The number of H-pyrrole nitrogens is 1. The lowest BCUT2D eigenvalue weighted by Crippen LogP contribution is -2.29. The van der Waals surface area contributed by atoms with E-state index in [2.05, 4.69) is 10.3 Å². The fraction of sp³-hybridized carbons (Fsp3) is 0.375. The maximum Gasteiger partial charge on any atom is 0.306 e. The van der Waals surface area contributed by atoms with Crippen LogP contribution in [-0.4, -0.2) is 22.0 Å². The first-order valence-electron chi connectivity index (χ1n) is 7.24. The van der Waals surface area contributed by atoms with Gasteiger partial charge in [-0.2, -0.15) is 0 Å². The van der Waals surface area contributed by atoms with Crippen molar-refractivity contribution in [3.8, 4) is 0 Å². The van der Waals surface area contributed by atoms with Gasteiger partial charge in [0.25, 0.3) is 0 Å². The molecule has 21 heavy (non-hydrogen) atoms. The summed E-state index contributed by atoms with van der Waals surface area (Å²) in [6.07, 6.45) is 4.34. The van der Waals surface area contributed by atoms with E-state index >= 15 is 0 Å². The number of nitrogens with one attached hydrogen (secondary N) is 2. The largest absolute Gasteiger partial charge is 0.481 e. The summed E-state index contributed by atoms with van der Waals surface area (Å²) in [6, 6.07) is 7.71. The Labute approximate surface area is 122 Å². The van der Waals surface area contributed by atoms with E-state index in [9.17, 15) is 9.59 Å². The molecule has 0 unspecified atom stereocenters. The van der Waals surface area contributed by atoms with E-state index in [1.807, 2.05) is 30.5 Å². The molecule has 0 aliphatic heterocycles. The molecule has 1 aromatic heterocycles. The van der Waals surface area contributed by atoms with Gasteiger partial charge in [-0.25, -0.2) is 0 Å². The molecule has 2 aromatic rings. The number of aliphatic carboxylic acids is 1. The van der Waals surface area contributed by atoms with Crippen LogP contribution in [-0.2, 0) is 9.59 Å². The second kappa shape index (κ2) is 5.60. The summed E-state index contributed by atoms with van der Waals surface area (Å²) in [6.45, 7) is 0. The van der Waals surface area contributed by atoms with E-state index in [4.69, 9.17) is 5.11 Å². The fourth-order valence-electron chi connectivity index (χ4n) is 2.98. The van der Waals surface area contributed by atoms with Crippen molar-refractivity contribution >= 4 is 28.5 Å². The van der Waals surface area contributed by atoms with E-state index in [-0.39, 0.29) is 17.7 Å². The molecular formula is C16H18N2O3. The van der Waals surface area contributed by atoms with E-state index < -0.39 is 5.97 Å². The zero-order chi connectivity index (χ0) is 14.8. The number of hydrogen-bond acceptors (Lipinski definition) is 2. The van der Waals surface area contributed by atoms with Gasteiger partial charge in [0.2, 0.25) is 5.91 Å². The number of carboxylic acids is 1. The van der Waals surface area contributed by atoms with Gasteiger partial charge in [0, 0.05) is 28.7 Å². The minimum absolute atomic E-state index is 0.00581. The molecule has 3 N–H and O–H groups in total. The highest BCUT2D eigenvalue weighted by Gasteiger charge is 2.29. The van der Waals surface area contributed by atoms with Crippen LogP contribution in [0.15, 0.2) is 30.5 Å². The van der Waals surface area contributed by atoms with Crippen molar-refractivity contribution in [1.29, 1.82) is 0 Å². The summed E-state index contributed by atoms with van der Waals surface area (Å²) in [5.74, 6) is -1.12. The predicted molar refractivity (Wildman–Crippen MR) is 80.0 cm³/mol. The first-order valence-corrected chi connectivity index (χ1v) is 7.24. The number of rotatable bonds is 3. The highest BCUT2D eigenvalue weighted by molar-refractivity contribution is 5.95. The van der Waals surface area contributed by atoms with Crippen molar-refractivity contribution in [3.05, 3.63) is 30.5 Å². The van der Waals surface area contributed by atoms with Crippen molar-refractivity contribution in [2.75, 3.05) is 5.32 Å². The van der Waals surface area contributed by atoms with Crippen LogP contribution in [0.3, 0.4) is 0 Å². The van der Waals surface area contributed by atoms with Gasteiger partial charge in [0.05, 0.1) is 5.92 Å². The number of hydrogen-bond donors (Lipinski definition) is 3. The van der Waals surface area contributed by atoms with Crippen LogP contribution in [0.1, 0.15) is 25.7 Å². The molecule has 0 atom stereocenters. The van der Waals surface area contributed by atoms with Crippen molar-refractivity contribution < 1.29 is 14.7 Å². The second-order valence-corrected chi connectivity index (χ2v) is 5.66. The Hall–Kier alpha value is -2.30. The normalized spacial score (nSPS) is 22.1. The topological polar surface area (TPSA) is 82.2 Å². The third-order valence-corrected chi connectivity index (χ3v) is 4.27. The number of carbonyl (C=O) groups is 2. The Morgan fingerprint density at radius 3 is 2.52 bits per heavy atom. The summed E-state index contributed by atoms with van der Waals surface area (Å²) in [5.41, 5.74) is 1.82. The van der Waals surface area contributed by atoms with Gasteiger partial charge >= 0.3 is 5.97 Å². The lowest BCUT2D eigenvalue weighted by atomic mass is 9.81. The predicted octanol–water partition coefficient (Wildman–Crippen LogP) is 3.00. The number of carboxylic acid groups (broad SMARTS) is 1. The number of carbonyl (C=O) groups excluding carboxylic acids is 1. The van der Waals surface area contributed by atoms with Crippen molar-refractivity contribution in [2.24, 2.45) is 11.8 Å². The van der Waals surface area contributed by atoms with Gasteiger partial charge in [-0.1, -0.05) is 0 Å². The van der Waals surface area contributed by atoms with Crippen molar-refractivity contribution in [3.63, 3.8) is 0 Å². The summed E-state index contributed by atoms with van der Waals surface area (Å²) in [5, 5.41) is 13.0. The van der Waals surface area contributed by atoms with E-state index in [0.717, 1.165) is 16.6 Å². The zero-order valence-corrected chi connectivity index (χ0v) is 11.6. The zero-order valence-electron chi connectivity index (χ0n) is 11.6. The second-order valence-electron chi connectivity index (χ2n) is 5.66. The number of amides is 1. The first-order chi connectivity index (χ1) is 10.1. The molecule has 0 spiro atoms. The molecule has 1 fully saturated rings. The number of aromatic nitrogens is 1. The van der Waals surface area contributed by atoms with E-state index in [0.29, 0.717) is 25.7 Å². The molecule has 5 nitrogen and oxygen atoms in total. The minimum Gasteiger partial charge on any atom is -0.481 e.